The molecule has 0 radical (unpaired) electrons. The van der Waals surface area contributed by atoms with Crippen molar-refractivity contribution in [2.45, 2.75) is 52.2 Å². The number of rotatable bonds is 7. The SMILES string of the molecule is CC1(C)[C@H]2CC=C(CN3CCC(Oc4ccc(C(=O)NCc5ccccn5)cc4)CC3)[C@@H]1C2. The van der Waals surface area contributed by atoms with E-state index in [1.54, 1.807) is 11.8 Å². The van der Waals surface area contributed by atoms with Crippen molar-refractivity contribution in [3.63, 3.8) is 0 Å². The zero-order valence-electron chi connectivity index (χ0n) is 19.8. The monoisotopic (exact) mass is 445 g/mol. The standard InChI is InChI=1S/C28H35N3O2/c1-28(2)22-9-6-21(26(28)17-22)19-31-15-12-25(13-16-31)33-24-10-7-20(8-11-24)27(32)30-18-23-5-3-4-14-29-23/h3-8,10-11,14,22,25-26H,9,12-13,15-19H2,1-2H3,(H,30,32)/t22-,26-/m0/s1. The molecule has 1 aromatic heterocycles. The highest BCUT2D eigenvalue weighted by atomic mass is 16.5. The van der Waals surface area contributed by atoms with Gasteiger partial charge in [-0.15, -0.1) is 0 Å². The van der Waals surface area contributed by atoms with E-state index in [4.69, 9.17) is 4.74 Å². The highest BCUT2D eigenvalue weighted by molar-refractivity contribution is 5.94. The van der Waals surface area contributed by atoms with Crippen LogP contribution in [0.25, 0.3) is 0 Å². The normalized spacial score (nSPS) is 24.5. The maximum Gasteiger partial charge on any atom is 0.251 e. The van der Waals surface area contributed by atoms with E-state index in [2.05, 4.69) is 35.1 Å². The molecule has 6 rings (SSSR count). The molecule has 33 heavy (non-hydrogen) atoms. The molecule has 2 atom stereocenters. The number of benzene rings is 1. The summed E-state index contributed by atoms with van der Waals surface area (Å²) in [6.07, 6.45) is 9.28. The molecule has 2 heterocycles. The number of carbonyl (C=O) groups excluding carboxylic acids is 1. The Morgan fingerprint density at radius 2 is 1.94 bits per heavy atom. The molecule has 174 valence electrons. The van der Waals surface area contributed by atoms with Gasteiger partial charge in [0.15, 0.2) is 0 Å². The first-order valence-corrected chi connectivity index (χ1v) is 12.3. The molecular weight excluding hydrogens is 410 g/mol. The summed E-state index contributed by atoms with van der Waals surface area (Å²) in [6.45, 7) is 8.64. The summed E-state index contributed by atoms with van der Waals surface area (Å²) in [5, 5.41) is 2.91. The van der Waals surface area contributed by atoms with Crippen molar-refractivity contribution in [1.82, 2.24) is 15.2 Å². The van der Waals surface area contributed by atoms with Crippen LogP contribution in [0, 0.1) is 17.3 Å². The second-order valence-corrected chi connectivity index (χ2v) is 10.4. The van der Waals surface area contributed by atoms with E-state index < -0.39 is 0 Å². The minimum Gasteiger partial charge on any atom is -0.490 e. The number of piperidine rings is 1. The molecule has 2 fully saturated rings. The van der Waals surface area contributed by atoms with Gasteiger partial charge in [-0.2, -0.15) is 0 Å². The summed E-state index contributed by atoms with van der Waals surface area (Å²) in [4.78, 5) is 19.2. The maximum absolute atomic E-state index is 12.4. The number of hydrogen-bond acceptors (Lipinski definition) is 4. The van der Waals surface area contributed by atoms with E-state index >= 15 is 0 Å². The largest absolute Gasteiger partial charge is 0.490 e. The Labute approximate surface area is 197 Å². The molecule has 4 aliphatic rings. The molecule has 1 saturated heterocycles. The average molecular weight is 446 g/mol. The van der Waals surface area contributed by atoms with Crippen LogP contribution in [-0.2, 0) is 6.54 Å². The van der Waals surface area contributed by atoms with Gasteiger partial charge in [-0.1, -0.05) is 31.6 Å². The summed E-state index contributed by atoms with van der Waals surface area (Å²) in [5.74, 6) is 2.44. The lowest BCUT2D eigenvalue weighted by molar-refractivity contribution is -0.0123. The molecule has 1 N–H and O–H groups in total. The zero-order chi connectivity index (χ0) is 22.8. The van der Waals surface area contributed by atoms with Crippen LogP contribution in [-0.4, -0.2) is 41.5 Å². The Bertz CT molecular complexity index is 992. The molecule has 0 unspecified atom stereocenters. The Morgan fingerprint density at radius 1 is 1.15 bits per heavy atom. The van der Waals surface area contributed by atoms with E-state index in [1.807, 2.05) is 42.5 Å². The van der Waals surface area contributed by atoms with Crippen molar-refractivity contribution in [3.8, 4) is 5.75 Å². The van der Waals surface area contributed by atoms with Crippen LogP contribution in [0.5, 0.6) is 5.75 Å². The van der Waals surface area contributed by atoms with Gasteiger partial charge in [0.25, 0.3) is 5.91 Å². The number of aromatic nitrogens is 1. The Hall–Kier alpha value is -2.66. The fourth-order valence-corrected chi connectivity index (χ4v) is 5.75. The molecule has 1 aliphatic heterocycles. The lowest BCUT2D eigenvalue weighted by Crippen LogP contribution is -2.50. The number of likely N-dealkylation sites (tertiary alicyclic amines) is 1. The number of nitrogens with zero attached hydrogens (tertiary/aromatic N) is 2. The predicted molar refractivity (Wildman–Crippen MR) is 130 cm³/mol. The van der Waals surface area contributed by atoms with E-state index in [0.29, 0.717) is 17.5 Å². The van der Waals surface area contributed by atoms with Crippen molar-refractivity contribution in [2.24, 2.45) is 17.3 Å². The van der Waals surface area contributed by atoms with Gasteiger partial charge in [0, 0.05) is 31.4 Å². The van der Waals surface area contributed by atoms with Gasteiger partial charge in [0.1, 0.15) is 11.9 Å². The Balaban J connectivity index is 1.07. The molecule has 2 bridgehead atoms. The molecule has 1 amide bonds. The molecule has 5 nitrogen and oxygen atoms in total. The number of nitrogens with one attached hydrogen (secondary N) is 1. The molecule has 0 spiro atoms. The zero-order valence-corrected chi connectivity index (χ0v) is 19.8. The van der Waals surface area contributed by atoms with E-state index in [9.17, 15) is 4.79 Å². The number of hydrogen-bond donors (Lipinski definition) is 1. The van der Waals surface area contributed by atoms with Crippen molar-refractivity contribution >= 4 is 5.91 Å². The third kappa shape index (κ3) is 4.84. The molecule has 5 heteroatoms. The van der Waals surface area contributed by atoms with Gasteiger partial charge in [-0.25, -0.2) is 0 Å². The number of carbonyl (C=O) groups is 1. The van der Waals surface area contributed by atoms with E-state index in [0.717, 1.165) is 55.8 Å². The van der Waals surface area contributed by atoms with Crippen molar-refractivity contribution in [1.29, 1.82) is 0 Å². The highest BCUT2D eigenvalue weighted by Gasteiger charge is 2.51. The van der Waals surface area contributed by atoms with E-state index in [1.165, 1.54) is 12.8 Å². The van der Waals surface area contributed by atoms with Gasteiger partial charge in [0.05, 0.1) is 12.2 Å². The first-order chi connectivity index (χ1) is 16.0. The second kappa shape index (κ2) is 9.30. The van der Waals surface area contributed by atoms with Crippen molar-refractivity contribution in [3.05, 3.63) is 71.6 Å². The first-order valence-electron chi connectivity index (χ1n) is 12.3. The fourth-order valence-electron chi connectivity index (χ4n) is 5.75. The predicted octanol–water partition coefficient (Wildman–Crippen LogP) is 4.85. The summed E-state index contributed by atoms with van der Waals surface area (Å²) < 4.78 is 6.24. The highest BCUT2D eigenvalue weighted by Crippen LogP contribution is 2.59. The maximum atomic E-state index is 12.4. The summed E-state index contributed by atoms with van der Waals surface area (Å²) in [6, 6.07) is 13.2. The van der Waals surface area contributed by atoms with Crippen LogP contribution in [0.15, 0.2) is 60.3 Å². The van der Waals surface area contributed by atoms with Gasteiger partial charge < -0.3 is 10.1 Å². The van der Waals surface area contributed by atoms with Crippen LogP contribution in [0.3, 0.4) is 0 Å². The third-order valence-electron chi connectivity index (χ3n) is 8.10. The lowest BCUT2D eigenvalue weighted by Gasteiger charge is -2.57. The van der Waals surface area contributed by atoms with E-state index in [-0.39, 0.29) is 12.0 Å². The van der Waals surface area contributed by atoms with Crippen LogP contribution >= 0.6 is 0 Å². The first kappa shape index (κ1) is 22.1. The number of allylic oxidation sites excluding steroid dienone is 1. The van der Waals surface area contributed by atoms with Gasteiger partial charge >= 0.3 is 0 Å². The lowest BCUT2D eigenvalue weighted by atomic mass is 9.49. The van der Waals surface area contributed by atoms with Crippen LogP contribution in [0.1, 0.15) is 55.6 Å². The van der Waals surface area contributed by atoms with Crippen LogP contribution < -0.4 is 10.1 Å². The minimum atomic E-state index is -0.0986. The Morgan fingerprint density at radius 3 is 2.61 bits per heavy atom. The quantitative estimate of drug-likeness (QED) is 0.619. The smallest absolute Gasteiger partial charge is 0.251 e. The average Bonchev–Trinajstić information content (AvgIpc) is 2.85. The second-order valence-electron chi connectivity index (χ2n) is 10.4. The number of pyridine rings is 1. The fraction of sp³-hybridized carbons (Fsp3) is 0.500. The molecule has 1 aromatic carbocycles. The molecule has 1 saturated carbocycles. The van der Waals surface area contributed by atoms with Crippen LogP contribution in [0.4, 0.5) is 0 Å². The number of amides is 1. The van der Waals surface area contributed by atoms with Crippen molar-refractivity contribution < 1.29 is 9.53 Å². The number of fused-ring (bicyclic) bond motifs is 1. The summed E-state index contributed by atoms with van der Waals surface area (Å²) in [7, 11) is 0. The van der Waals surface area contributed by atoms with Gasteiger partial charge in [-0.05, 0) is 79.3 Å². The summed E-state index contributed by atoms with van der Waals surface area (Å²) in [5.41, 5.74) is 3.67. The summed E-state index contributed by atoms with van der Waals surface area (Å²) >= 11 is 0. The third-order valence-corrected chi connectivity index (χ3v) is 8.10. The van der Waals surface area contributed by atoms with Gasteiger partial charge in [-0.3, -0.25) is 14.7 Å². The Kier molecular flexibility index (Phi) is 6.24. The minimum absolute atomic E-state index is 0.0986. The molecule has 3 aliphatic carbocycles. The van der Waals surface area contributed by atoms with Gasteiger partial charge in [0.2, 0.25) is 0 Å². The topological polar surface area (TPSA) is 54.5 Å². The molecular formula is C28H35N3O2. The van der Waals surface area contributed by atoms with Crippen LogP contribution in [0.2, 0.25) is 0 Å². The van der Waals surface area contributed by atoms with Crippen molar-refractivity contribution in [2.75, 3.05) is 19.6 Å². The molecule has 2 aromatic rings. The number of ether oxygens (including phenoxy) is 1.